The van der Waals surface area contributed by atoms with E-state index in [0.29, 0.717) is 65.5 Å². The number of halogens is 12. The molecule has 0 radical (unpaired) electrons. The minimum atomic E-state index is -4.69. The van der Waals surface area contributed by atoms with Crippen LogP contribution in [0.25, 0.3) is 11.1 Å². The van der Waals surface area contributed by atoms with E-state index in [1.807, 2.05) is 12.1 Å². The van der Waals surface area contributed by atoms with E-state index >= 15 is 0 Å². The summed E-state index contributed by atoms with van der Waals surface area (Å²) in [7, 11) is 3.06. The number of aryl methyl sites for hydroxylation is 2. The van der Waals surface area contributed by atoms with Gasteiger partial charge in [0.15, 0.2) is 0 Å². The largest absolute Gasteiger partial charge is 0.416 e. The second-order valence-corrected chi connectivity index (χ2v) is 19.2. The molecule has 0 aromatic heterocycles. The molecule has 0 bridgehead atoms. The zero-order valence-electron chi connectivity index (χ0n) is 33.9. The van der Waals surface area contributed by atoms with Crippen LogP contribution in [-0.4, -0.2) is 28.2 Å². The lowest BCUT2D eigenvalue weighted by atomic mass is 9.96. The van der Waals surface area contributed by atoms with Gasteiger partial charge in [0, 0.05) is 50.7 Å². The summed E-state index contributed by atoms with van der Waals surface area (Å²) < 4.78 is 167. The maximum atomic E-state index is 13.9. The average molecular weight is 909 g/mol. The first-order valence-corrected chi connectivity index (χ1v) is 21.4. The molecule has 0 fully saturated rings. The van der Waals surface area contributed by atoms with Crippen molar-refractivity contribution in [1.82, 2.24) is 0 Å². The zero-order chi connectivity index (χ0) is 45.7. The normalized spacial score (nSPS) is 12.6. The Morgan fingerprint density at radius 2 is 0.532 bits per heavy atom. The molecule has 0 aliphatic heterocycles. The number of nitrogens with zero attached hydrogens (tertiary/aromatic N) is 2. The molecule has 6 aromatic rings. The molecule has 0 atom stereocenters. The minimum Gasteiger partial charge on any atom is -0.377 e. The third kappa shape index (κ3) is 9.61. The zero-order valence-corrected chi connectivity index (χ0v) is 35.7. The van der Waals surface area contributed by atoms with Gasteiger partial charge in [0.05, 0.1) is 22.3 Å². The monoisotopic (exact) mass is 908 g/mol. The summed E-state index contributed by atoms with van der Waals surface area (Å²) in [6.45, 7) is 3.56. The van der Waals surface area contributed by atoms with Crippen LogP contribution in [-0.2, 0) is 24.7 Å². The van der Waals surface area contributed by atoms with Gasteiger partial charge in [0.25, 0.3) is 0 Å². The first-order chi connectivity index (χ1) is 28.8. The lowest BCUT2D eigenvalue weighted by molar-refractivity contribution is -0.138. The minimum absolute atomic E-state index is 0.376. The summed E-state index contributed by atoms with van der Waals surface area (Å²) in [6.07, 6.45) is -18.8. The number of alkyl halides is 12. The summed E-state index contributed by atoms with van der Waals surface area (Å²) >= 11 is 0. The van der Waals surface area contributed by atoms with E-state index in [9.17, 15) is 52.7 Å². The van der Waals surface area contributed by atoms with E-state index in [4.69, 9.17) is 0 Å². The molecule has 0 unspecified atom stereocenters. The highest BCUT2D eigenvalue weighted by Crippen LogP contribution is 2.49. The summed E-state index contributed by atoms with van der Waals surface area (Å²) in [5, 5.41) is 2.64. The molecule has 0 aliphatic rings. The molecule has 16 heteroatoms. The van der Waals surface area contributed by atoms with Crippen LogP contribution in [0.5, 0.6) is 0 Å². The second kappa shape index (κ2) is 17.2. The number of benzene rings is 6. The van der Waals surface area contributed by atoms with Crippen LogP contribution in [0.2, 0.25) is 0 Å². The van der Waals surface area contributed by atoms with Crippen molar-refractivity contribution in [2.75, 3.05) is 38.0 Å². The average Bonchev–Trinajstić information content (AvgIpc) is 3.18. The maximum absolute atomic E-state index is 13.9. The van der Waals surface area contributed by atoms with Crippen molar-refractivity contribution in [3.8, 4) is 11.1 Å². The Morgan fingerprint density at radius 3 is 0.710 bits per heavy atom. The molecule has 0 saturated carbocycles. The Labute approximate surface area is 353 Å². The summed E-state index contributed by atoms with van der Waals surface area (Å²) in [5.41, 5.74) is -0.236. The van der Waals surface area contributed by atoms with Gasteiger partial charge in [-0.2, -0.15) is 52.7 Å². The number of anilines is 2. The van der Waals surface area contributed by atoms with Crippen LogP contribution in [0.4, 0.5) is 64.1 Å². The van der Waals surface area contributed by atoms with Gasteiger partial charge in [-0.15, -0.1) is 0 Å². The smallest absolute Gasteiger partial charge is 0.377 e. The van der Waals surface area contributed by atoms with Gasteiger partial charge in [-0.25, -0.2) is 0 Å². The van der Waals surface area contributed by atoms with E-state index in [0.717, 1.165) is 48.5 Å². The number of hydrogen-bond donors (Lipinski definition) is 0. The molecule has 0 saturated heterocycles. The van der Waals surface area contributed by atoms with Gasteiger partial charge in [-0.05, 0) is 133 Å². The quantitative estimate of drug-likeness (QED) is 0.105. The van der Waals surface area contributed by atoms with Crippen LogP contribution in [0.15, 0.2) is 121 Å². The molecular formula is C46H38F12N2P2. The predicted octanol–water partition coefficient (Wildman–Crippen LogP) is 11.7. The highest BCUT2D eigenvalue weighted by molar-refractivity contribution is 7.81. The molecule has 62 heavy (non-hydrogen) atoms. The SMILES string of the molecule is Cc1ccc(N(C)C)c(-c2c(N(C)C)ccc(C)c2P(c2ccc(C(F)(F)F)cc2)c2ccc(C(F)(F)F)cc2)c1P(c1ccc(C(F)(F)F)cc1)c1ccc(C(F)(F)F)cc1. The molecule has 0 heterocycles. The molecule has 0 spiro atoms. The number of hydrogen-bond acceptors (Lipinski definition) is 2. The van der Waals surface area contributed by atoms with Gasteiger partial charge in [-0.3, -0.25) is 0 Å². The first-order valence-electron chi connectivity index (χ1n) is 18.7. The fourth-order valence-electron chi connectivity index (χ4n) is 7.20. The highest BCUT2D eigenvalue weighted by Gasteiger charge is 2.37. The standard InChI is InChI=1S/C46H38F12N2P2/c1-27-7-25-37(59(3)4)39(41(27)61(33-17-9-29(10-18-33)43(47,48)49)34-19-11-30(12-20-34)44(50,51)52)40-38(60(5)6)26-8-28(2)42(40)62(35-21-13-31(14-22-35)45(53,54)55)36-23-15-32(16-24-36)46(56,57)58/h7-26H,1-6H3. The maximum Gasteiger partial charge on any atom is 0.416 e. The Bertz CT molecular complexity index is 2230. The second-order valence-electron chi connectivity index (χ2n) is 14.9. The fourth-order valence-corrected chi connectivity index (χ4v) is 12.4. The summed E-state index contributed by atoms with van der Waals surface area (Å²) in [4.78, 5) is 3.60. The van der Waals surface area contributed by atoms with Crippen LogP contribution in [0.1, 0.15) is 33.4 Å². The van der Waals surface area contributed by atoms with Crippen molar-refractivity contribution in [3.05, 3.63) is 155 Å². The fraction of sp³-hybridized carbons (Fsp3) is 0.217. The molecule has 0 amide bonds. The van der Waals surface area contributed by atoms with Gasteiger partial charge < -0.3 is 9.80 Å². The van der Waals surface area contributed by atoms with Gasteiger partial charge in [-0.1, -0.05) is 60.7 Å². The van der Waals surface area contributed by atoms with E-state index in [2.05, 4.69) is 0 Å². The third-order valence-corrected chi connectivity index (χ3v) is 15.5. The molecule has 6 aromatic carbocycles. The van der Waals surface area contributed by atoms with E-state index in [-0.39, 0.29) is 0 Å². The highest BCUT2D eigenvalue weighted by atomic mass is 31.1. The van der Waals surface area contributed by atoms with Crippen molar-refractivity contribution in [3.63, 3.8) is 0 Å². The molecule has 0 N–H and O–H groups in total. The summed E-state index contributed by atoms with van der Waals surface area (Å²) in [5.74, 6) is 0. The lowest BCUT2D eigenvalue weighted by Gasteiger charge is -2.34. The van der Waals surface area contributed by atoms with Gasteiger partial charge in [0.2, 0.25) is 0 Å². The van der Waals surface area contributed by atoms with Crippen LogP contribution < -0.4 is 41.6 Å². The van der Waals surface area contributed by atoms with Crippen molar-refractivity contribution in [2.45, 2.75) is 38.6 Å². The summed E-state index contributed by atoms with van der Waals surface area (Å²) in [6, 6.07) is 25.0. The van der Waals surface area contributed by atoms with E-state index in [1.165, 1.54) is 48.5 Å². The van der Waals surface area contributed by atoms with Crippen molar-refractivity contribution in [2.24, 2.45) is 0 Å². The first kappa shape index (κ1) is 46.4. The van der Waals surface area contributed by atoms with Crippen LogP contribution in [0, 0.1) is 13.8 Å². The Hall–Kier alpha value is -5.06. The van der Waals surface area contributed by atoms with Crippen molar-refractivity contribution in [1.29, 1.82) is 0 Å². The molecule has 326 valence electrons. The Kier molecular flexibility index (Phi) is 12.9. The number of rotatable bonds is 9. The van der Waals surface area contributed by atoms with E-state index in [1.54, 1.807) is 64.0 Å². The topological polar surface area (TPSA) is 6.48 Å². The Balaban J connectivity index is 1.78. The van der Waals surface area contributed by atoms with Crippen molar-refractivity contribution >= 4 is 59.0 Å². The molecule has 0 aliphatic carbocycles. The van der Waals surface area contributed by atoms with Gasteiger partial charge >= 0.3 is 24.7 Å². The van der Waals surface area contributed by atoms with Crippen LogP contribution in [0.3, 0.4) is 0 Å². The Morgan fingerprint density at radius 1 is 0.323 bits per heavy atom. The predicted molar refractivity (Wildman–Crippen MR) is 227 cm³/mol. The third-order valence-electron chi connectivity index (χ3n) is 10.2. The molecule has 2 nitrogen and oxygen atoms in total. The van der Waals surface area contributed by atoms with E-state index < -0.39 is 62.8 Å². The van der Waals surface area contributed by atoms with Gasteiger partial charge in [0.1, 0.15) is 0 Å². The molecule has 6 rings (SSSR count). The lowest BCUT2D eigenvalue weighted by Crippen LogP contribution is -2.31. The van der Waals surface area contributed by atoms with Crippen LogP contribution >= 0.6 is 15.8 Å². The van der Waals surface area contributed by atoms with Crippen molar-refractivity contribution < 1.29 is 52.7 Å². The molecular weight excluding hydrogens is 870 g/mol.